The second-order valence-electron chi connectivity index (χ2n) is 3.92. The topological polar surface area (TPSA) is 85.5 Å². The number of nitro groups is 1. The number of aromatic nitrogens is 1. The van der Waals surface area contributed by atoms with E-state index in [0.29, 0.717) is 22.8 Å². The summed E-state index contributed by atoms with van der Waals surface area (Å²) in [5.74, 6) is 0.708. The van der Waals surface area contributed by atoms with Crippen LogP contribution >= 0.6 is 0 Å². The highest BCUT2D eigenvalue weighted by Crippen LogP contribution is 2.30. The van der Waals surface area contributed by atoms with Crippen molar-refractivity contribution >= 4 is 5.69 Å². The van der Waals surface area contributed by atoms with Crippen LogP contribution < -0.4 is 4.74 Å². The summed E-state index contributed by atoms with van der Waals surface area (Å²) in [6.45, 7) is 1.53. The first-order valence-corrected chi connectivity index (χ1v) is 5.59. The van der Waals surface area contributed by atoms with E-state index in [1.807, 2.05) is 0 Å². The molecule has 0 aliphatic carbocycles. The Morgan fingerprint density at radius 2 is 2.16 bits per heavy atom. The molecule has 6 heteroatoms. The van der Waals surface area contributed by atoms with Gasteiger partial charge in [0.1, 0.15) is 5.75 Å². The first-order chi connectivity index (χ1) is 9.11. The van der Waals surface area contributed by atoms with Crippen molar-refractivity contribution in [3.05, 3.63) is 57.8 Å². The number of rotatable bonds is 4. The van der Waals surface area contributed by atoms with Gasteiger partial charge in [0.25, 0.3) is 5.69 Å². The van der Waals surface area contributed by atoms with Crippen LogP contribution in [0.3, 0.4) is 0 Å². The van der Waals surface area contributed by atoms with Crippen molar-refractivity contribution in [2.45, 2.75) is 13.5 Å². The first-order valence-electron chi connectivity index (χ1n) is 5.59. The third-order valence-corrected chi connectivity index (χ3v) is 2.65. The van der Waals surface area contributed by atoms with E-state index >= 15 is 0 Å². The number of aliphatic hydroxyl groups is 1. The smallest absolute Gasteiger partial charge is 0.276 e. The molecule has 0 bridgehead atoms. The molecule has 0 radical (unpaired) electrons. The number of benzene rings is 1. The summed E-state index contributed by atoms with van der Waals surface area (Å²) in [7, 11) is 0. The van der Waals surface area contributed by atoms with E-state index in [2.05, 4.69) is 4.98 Å². The fraction of sp³-hybridized carbons (Fsp3) is 0.154. The molecule has 0 amide bonds. The van der Waals surface area contributed by atoms with E-state index in [1.54, 1.807) is 31.2 Å². The predicted octanol–water partition coefficient (Wildman–Crippen LogP) is 2.58. The molecular formula is C13H12N2O4. The van der Waals surface area contributed by atoms with Gasteiger partial charge in [-0.25, -0.2) is 4.98 Å². The SMILES string of the molecule is Cc1c(Oc2ccc(CO)cn2)cccc1[N+](=O)[O-]. The summed E-state index contributed by atoms with van der Waals surface area (Å²) in [6.07, 6.45) is 1.49. The third kappa shape index (κ3) is 2.86. The zero-order chi connectivity index (χ0) is 13.8. The standard InChI is InChI=1S/C13H12N2O4/c1-9-11(15(17)18)3-2-4-12(9)19-13-6-5-10(8-16)7-14-13/h2-7,16H,8H2,1H3. The van der Waals surface area contributed by atoms with Gasteiger partial charge in [-0.2, -0.15) is 0 Å². The lowest BCUT2D eigenvalue weighted by Crippen LogP contribution is -1.96. The van der Waals surface area contributed by atoms with Crippen molar-refractivity contribution < 1.29 is 14.8 Å². The molecule has 2 rings (SSSR count). The Hall–Kier alpha value is -2.47. The second kappa shape index (κ2) is 5.45. The maximum Gasteiger partial charge on any atom is 0.276 e. The maximum absolute atomic E-state index is 10.8. The Kier molecular flexibility index (Phi) is 3.72. The molecule has 0 spiro atoms. The molecule has 0 aliphatic heterocycles. The fourth-order valence-corrected chi connectivity index (χ4v) is 1.59. The highest BCUT2D eigenvalue weighted by Gasteiger charge is 2.14. The Bertz CT molecular complexity index is 596. The summed E-state index contributed by atoms with van der Waals surface area (Å²) in [5, 5.41) is 19.7. The van der Waals surface area contributed by atoms with Crippen molar-refractivity contribution in [1.82, 2.24) is 4.98 Å². The van der Waals surface area contributed by atoms with Gasteiger partial charge in [0, 0.05) is 18.3 Å². The Labute approximate surface area is 109 Å². The van der Waals surface area contributed by atoms with Crippen LogP contribution in [0.4, 0.5) is 5.69 Å². The minimum absolute atomic E-state index is 0.00415. The second-order valence-corrected chi connectivity index (χ2v) is 3.92. The Morgan fingerprint density at radius 3 is 2.74 bits per heavy atom. The molecule has 0 saturated heterocycles. The summed E-state index contributed by atoms with van der Waals surface area (Å²) in [4.78, 5) is 14.4. The van der Waals surface area contributed by atoms with Crippen LogP contribution in [0.15, 0.2) is 36.5 Å². The van der Waals surface area contributed by atoms with E-state index < -0.39 is 4.92 Å². The van der Waals surface area contributed by atoms with Gasteiger partial charge in [-0.05, 0) is 24.6 Å². The van der Waals surface area contributed by atoms with E-state index in [0.717, 1.165) is 0 Å². The van der Waals surface area contributed by atoms with Gasteiger partial charge in [0.15, 0.2) is 0 Å². The minimum atomic E-state index is -0.454. The third-order valence-electron chi connectivity index (χ3n) is 2.65. The number of nitrogens with zero attached hydrogens (tertiary/aromatic N) is 2. The van der Waals surface area contributed by atoms with E-state index in [4.69, 9.17) is 9.84 Å². The van der Waals surface area contributed by atoms with Gasteiger partial charge < -0.3 is 9.84 Å². The highest BCUT2D eigenvalue weighted by molar-refractivity contribution is 5.49. The molecular weight excluding hydrogens is 248 g/mol. The Balaban J connectivity index is 2.27. The lowest BCUT2D eigenvalue weighted by Gasteiger charge is -2.08. The monoisotopic (exact) mass is 260 g/mol. The molecule has 1 heterocycles. The van der Waals surface area contributed by atoms with Gasteiger partial charge in [0.2, 0.25) is 5.88 Å². The van der Waals surface area contributed by atoms with Gasteiger partial charge in [-0.1, -0.05) is 6.07 Å². The minimum Gasteiger partial charge on any atom is -0.439 e. The molecule has 0 atom stereocenters. The van der Waals surface area contributed by atoms with E-state index in [-0.39, 0.29) is 12.3 Å². The van der Waals surface area contributed by atoms with Crippen molar-refractivity contribution in [2.75, 3.05) is 0 Å². The average molecular weight is 260 g/mol. The maximum atomic E-state index is 10.8. The van der Waals surface area contributed by atoms with Gasteiger partial charge in [-0.15, -0.1) is 0 Å². The quantitative estimate of drug-likeness (QED) is 0.674. The van der Waals surface area contributed by atoms with Gasteiger partial charge in [-0.3, -0.25) is 10.1 Å². The number of hydrogen-bond donors (Lipinski definition) is 1. The molecule has 1 aromatic carbocycles. The molecule has 0 aliphatic rings. The largest absolute Gasteiger partial charge is 0.439 e. The summed E-state index contributed by atoms with van der Waals surface area (Å²) in [6, 6.07) is 7.90. The van der Waals surface area contributed by atoms with Crippen LogP contribution in [0.2, 0.25) is 0 Å². The van der Waals surface area contributed by atoms with Crippen LogP contribution in [-0.4, -0.2) is 15.0 Å². The number of hydrogen-bond acceptors (Lipinski definition) is 5. The molecule has 0 fully saturated rings. The van der Waals surface area contributed by atoms with Crippen LogP contribution in [0, 0.1) is 17.0 Å². The van der Waals surface area contributed by atoms with Crippen molar-refractivity contribution in [1.29, 1.82) is 0 Å². The van der Waals surface area contributed by atoms with Crippen molar-refractivity contribution in [3.8, 4) is 11.6 Å². The molecule has 6 nitrogen and oxygen atoms in total. The Morgan fingerprint density at radius 1 is 1.37 bits per heavy atom. The van der Waals surface area contributed by atoms with Crippen LogP contribution in [0.5, 0.6) is 11.6 Å². The zero-order valence-electron chi connectivity index (χ0n) is 10.2. The summed E-state index contributed by atoms with van der Waals surface area (Å²) >= 11 is 0. The van der Waals surface area contributed by atoms with Gasteiger partial charge in [0.05, 0.1) is 17.1 Å². The van der Waals surface area contributed by atoms with Crippen molar-refractivity contribution in [3.63, 3.8) is 0 Å². The molecule has 1 N–H and O–H groups in total. The van der Waals surface area contributed by atoms with Crippen LogP contribution in [-0.2, 0) is 6.61 Å². The molecule has 19 heavy (non-hydrogen) atoms. The lowest BCUT2D eigenvalue weighted by atomic mass is 10.2. The molecule has 98 valence electrons. The predicted molar refractivity (Wildman–Crippen MR) is 68.1 cm³/mol. The van der Waals surface area contributed by atoms with E-state index in [9.17, 15) is 10.1 Å². The zero-order valence-corrected chi connectivity index (χ0v) is 10.2. The molecule has 0 saturated carbocycles. The lowest BCUT2D eigenvalue weighted by molar-refractivity contribution is -0.385. The number of aliphatic hydroxyl groups excluding tert-OH is 1. The summed E-state index contributed by atoms with van der Waals surface area (Å²) in [5.41, 5.74) is 1.12. The van der Waals surface area contributed by atoms with E-state index in [1.165, 1.54) is 12.3 Å². The van der Waals surface area contributed by atoms with Gasteiger partial charge >= 0.3 is 0 Å². The number of nitro benzene ring substituents is 1. The van der Waals surface area contributed by atoms with Crippen LogP contribution in [0.1, 0.15) is 11.1 Å². The number of ether oxygens (including phenoxy) is 1. The molecule has 2 aromatic rings. The normalized spacial score (nSPS) is 10.2. The first kappa shape index (κ1) is 13.0. The molecule has 1 aromatic heterocycles. The summed E-state index contributed by atoms with van der Waals surface area (Å²) < 4.78 is 5.50. The van der Waals surface area contributed by atoms with Crippen LogP contribution in [0.25, 0.3) is 0 Å². The van der Waals surface area contributed by atoms with Crippen molar-refractivity contribution in [2.24, 2.45) is 0 Å². The highest BCUT2D eigenvalue weighted by atomic mass is 16.6. The fourth-order valence-electron chi connectivity index (χ4n) is 1.59. The molecule has 0 unspecified atom stereocenters. The average Bonchev–Trinajstić information content (AvgIpc) is 2.41. The number of pyridine rings is 1.